The number of hydrogen-bond acceptors (Lipinski definition) is 3. The van der Waals surface area contributed by atoms with E-state index in [4.69, 9.17) is 0 Å². The second kappa shape index (κ2) is 4.26. The van der Waals surface area contributed by atoms with Crippen molar-refractivity contribution >= 4 is 37.0 Å². The van der Waals surface area contributed by atoms with Gasteiger partial charge in [0.05, 0.1) is 0 Å². The Balaban J connectivity index is 2.33. The van der Waals surface area contributed by atoms with Gasteiger partial charge in [0.1, 0.15) is 0 Å². The molecule has 2 aromatic carbocycles. The molecule has 2 aromatic rings. The van der Waals surface area contributed by atoms with Gasteiger partial charge in [0, 0.05) is 25.0 Å². The zero-order chi connectivity index (χ0) is 12.9. The fourth-order valence-corrected chi connectivity index (χ4v) is 4.60. The Morgan fingerprint density at radius 2 is 1.28 bits per heavy atom. The summed E-state index contributed by atoms with van der Waals surface area (Å²) in [5, 5.41) is 0. The molecule has 0 bridgehead atoms. The standard InChI is InChI=1S/C15H14S3/c1-15(2)9-5-3-7-11(16)13(9)18-14-10(15)6-4-8-12(14)17/h3-8,16-17H,1-2H3. The van der Waals surface area contributed by atoms with Crippen LogP contribution in [0, 0.1) is 0 Å². The minimum Gasteiger partial charge on any atom is -0.142 e. The average Bonchev–Trinajstić information content (AvgIpc) is 2.32. The predicted molar refractivity (Wildman–Crippen MR) is 83.6 cm³/mol. The van der Waals surface area contributed by atoms with Crippen molar-refractivity contribution < 1.29 is 0 Å². The van der Waals surface area contributed by atoms with Crippen LogP contribution in [0.15, 0.2) is 56.0 Å². The molecule has 1 aliphatic rings. The van der Waals surface area contributed by atoms with Gasteiger partial charge in [0.25, 0.3) is 0 Å². The first kappa shape index (κ1) is 12.5. The van der Waals surface area contributed by atoms with Crippen LogP contribution in [0.1, 0.15) is 25.0 Å². The van der Waals surface area contributed by atoms with Gasteiger partial charge in [0.2, 0.25) is 0 Å². The van der Waals surface area contributed by atoms with Crippen molar-refractivity contribution in [3.05, 3.63) is 47.5 Å². The molecule has 0 nitrogen and oxygen atoms in total. The van der Waals surface area contributed by atoms with E-state index < -0.39 is 0 Å². The van der Waals surface area contributed by atoms with Crippen molar-refractivity contribution in [3.63, 3.8) is 0 Å². The average molecular weight is 290 g/mol. The van der Waals surface area contributed by atoms with Gasteiger partial charge in [-0.1, -0.05) is 49.9 Å². The number of rotatable bonds is 0. The van der Waals surface area contributed by atoms with Crippen LogP contribution < -0.4 is 0 Å². The molecular weight excluding hydrogens is 276 g/mol. The summed E-state index contributed by atoms with van der Waals surface area (Å²) in [4.78, 5) is 4.63. The molecule has 0 atom stereocenters. The molecule has 0 aliphatic carbocycles. The Labute approximate surface area is 123 Å². The molecule has 3 rings (SSSR count). The van der Waals surface area contributed by atoms with Crippen LogP contribution in [-0.2, 0) is 5.41 Å². The van der Waals surface area contributed by atoms with Gasteiger partial charge < -0.3 is 0 Å². The molecule has 92 valence electrons. The van der Waals surface area contributed by atoms with E-state index >= 15 is 0 Å². The third-order valence-corrected chi connectivity index (χ3v) is 5.88. The molecule has 0 N–H and O–H groups in total. The van der Waals surface area contributed by atoms with E-state index in [2.05, 4.69) is 75.5 Å². The third-order valence-electron chi connectivity index (χ3n) is 3.54. The van der Waals surface area contributed by atoms with Crippen LogP contribution >= 0.6 is 37.0 Å². The molecule has 0 fully saturated rings. The highest BCUT2D eigenvalue weighted by Crippen LogP contribution is 2.52. The summed E-state index contributed by atoms with van der Waals surface area (Å²) >= 11 is 11.0. The summed E-state index contributed by atoms with van der Waals surface area (Å²) in [6.45, 7) is 4.54. The summed E-state index contributed by atoms with van der Waals surface area (Å²) in [5.41, 5.74) is 2.71. The topological polar surface area (TPSA) is 0 Å². The minimum atomic E-state index is 0.00734. The number of hydrogen-bond donors (Lipinski definition) is 2. The minimum absolute atomic E-state index is 0.00734. The molecule has 0 aromatic heterocycles. The predicted octanol–water partition coefficient (Wildman–Crippen LogP) is 5.05. The lowest BCUT2D eigenvalue weighted by molar-refractivity contribution is 0.598. The quantitative estimate of drug-likeness (QED) is 0.640. The molecule has 0 unspecified atom stereocenters. The van der Waals surface area contributed by atoms with Crippen molar-refractivity contribution in [1.29, 1.82) is 0 Å². The molecule has 3 heteroatoms. The maximum Gasteiger partial charge on any atom is 0.0297 e. The molecule has 1 aliphatic heterocycles. The Morgan fingerprint density at radius 1 is 0.833 bits per heavy atom. The van der Waals surface area contributed by atoms with Crippen molar-refractivity contribution in [1.82, 2.24) is 0 Å². The van der Waals surface area contributed by atoms with Crippen LogP contribution in [-0.4, -0.2) is 0 Å². The van der Waals surface area contributed by atoms with Crippen LogP contribution in [0.3, 0.4) is 0 Å². The monoisotopic (exact) mass is 290 g/mol. The van der Waals surface area contributed by atoms with Crippen molar-refractivity contribution in [2.24, 2.45) is 0 Å². The molecular formula is C15H14S3. The third kappa shape index (κ3) is 1.72. The van der Waals surface area contributed by atoms with Crippen LogP contribution in [0.2, 0.25) is 0 Å². The lowest BCUT2D eigenvalue weighted by Crippen LogP contribution is -2.24. The molecule has 0 radical (unpaired) electrons. The maximum atomic E-state index is 4.59. The number of benzene rings is 2. The normalized spacial score (nSPS) is 16.0. The van der Waals surface area contributed by atoms with Crippen molar-refractivity contribution in [2.75, 3.05) is 0 Å². The van der Waals surface area contributed by atoms with E-state index in [0.29, 0.717) is 0 Å². The van der Waals surface area contributed by atoms with E-state index in [1.807, 2.05) is 0 Å². The van der Waals surface area contributed by atoms with Crippen LogP contribution in [0.4, 0.5) is 0 Å². The summed E-state index contributed by atoms with van der Waals surface area (Å²) in [7, 11) is 0. The van der Waals surface area contributed by atoms with E-state index in [-0.39, 0.29) is 5.41 Å². The summed E-state index contributed by atoms with van der Waals surface area (Å²) in [5.74, 6) is 0. The molecule has 0 saturated carbocycles. The number of fused-ring (bicyclic) bond motifs is 2. The van der Waals surface area contributed by atoms with Gasteiger partial charge in [-0.15, -0.1) is 25.3 Å². The van der Waals surface area contributed by atoms with E-state index in [1.165, 1.54) is 20.9 Å². The van der Waals surface area contributed by atoms with Gasteiger partial charge in [-0.25, -0.2) is 0 Å². The van der Waals surface area contributed by atoms with E-state index in [0.717, 1.165) is 9.79 Å². The summed E-state index contributed by atoms with van der Waals surface area (Å²) in [6, 6.07) is 12.7. The Kier molecular flexibility index (Phi) is 2.96. The maximum absolute atomic E-state index is 4.59. The van der Waals surface area contributed by atoms with E-state index in [1.54, 1.807) is 11.8 Å². The largest absolute Gasteiger partial charge is 0.142 e. The highest BCUT2D eigenvalue weighted by molar-refractivity contribution is 8.00. The Bertz CT molecular complexity index is 576. The zero-order valence-corrected chi connectivity index (χ0v) is 12.9. The van der Waals surface area contributed by atoms with Gasteiger partial charge >= 0.3 is 0 Å². The van der Waals surface area contributed by atoms with Crippen LogP contribution in [0.25, 0.3) is 0 Å². The highest BCUT2D eigenvalue weighted by Gasteiger charge is 2.34. The highest BCUT2D eigenvalue weighted by atomic mass is 32.2. The molecule has 0 spiro atoms. The second-order valence-corrected chi connectivity index (χ2v) is 7.02. The Hall–Kier alpha value is -0.510. The lowest BCUT2D eigenvalue weighted by atomic mass is 9.77. The van der Waals surface area contributed by atoms with Gasteiger partial charge in [-0.05, 0) is 23.3 Å². The van der Waals surface area contributed by atoms with Crippen molar-refractivity contribution in [3.8, 4) is 0 Å². The fourth-order valence-electron chi connectivity index (χ4n) is 2.50. The second-order valence-electron chi connectivity index (χ2n) is 5.03. The fraction of sp³-hybridized carbons (Fsp3) is 0.200. The van der Waals surface area contributed by atoms with Crippen molar-refractivity contribution in [2.45, 2.75) is 38.8 Å². The first-order valence-corrected chi connectivity index (χ1v) is 7.55. The zero-order valence-electron chi connectivity index (χ0n) is 10.3. The number of thiol groups is 2. The van der Waals surface area contributed by atoms with Gasteiger partial charge in [0.15, 0.2) is 0 Å². The van der Waals surface area contributed by atoms with Crippen LogP contribution in [0.5, 0.6) is 0 Å². The van der Waals surface area contributed by atoms with Gasteiger partial charge in [-0.3, -0.25) is 0 Å². The summed E-state index contributed by atoms with van der Waals surface area (Å²) in [6.07, 6.45) is 0. The van der Waals surface area contributed by atoms with E-state index in [9.17, 15) is 0 Å². The first-order valence-electron chi connectivity index (χ1n) is 5.84. The van der Waals surface area contributed by atoms with Gasteiger partial charge in [-0.2, -0.15) is 0 Å². The molecule has 1 heterocycles. The molecule has 0 saturated heterocycles. The lowest BCUT2D eigenvalue weighted by Gasteiger charge is -2.35. The molecule has 18 heavy (non-hydrogen) atoms. The molecule has 0 amide bonds. The smallest absolute Gasteiger partial charge is 0.0297 e. The SMILES string of the molecule is CC1(C)c2cccc(S)c2Sc2c(S)cccc21. The first-order chi connectivity index (χ1) is 8.51. The Morgan fingerprint density at radius 3 is 1.72 bits per heavy atom. The summed E-state index contributed by atoms with van der Waals surface area (Å²) < 4.78 is 0.